The molecule has 0 aliphatic rings. The summed E-state index contributed by atoms with van der Waals surface area (Å²) in [4.78, 5) is 4.36. The molecule has 0 unspecified atom stereocenters. The Morgan fingerprint density at radius 1 is 1.37 bits per heavy atom. The van der Waals surface area contributed by atoms with Crippen LogP contribution < -0.4 is 5.32 Å². The molecular formula is C13H19BrN4O. The number of anilines is 1. The summed E-state index contributed by atoms with van der Waals surface area (Å²) in [7, 11) is 0. The van der Waals surface area contributed by atoms with E-state index in [1.165, 1.54) is 0 Å². The predicted molar refractivity (Wildman–Crippen MR) is 79.5 cm³/mol. The second-order valence-corrected chi connectivity index (χ2v) is 5.72. The molecule has 19 heavy (non-hydrogen) atoms. The molecule has 104 valence electrons. The van der Waals surface area contributed by atoms with Crippen LogP contribution in [0.2, 0.25) is 0 Å². The fraction of sp³-hybridized carbons (Fsp3) is 0.538. The van der Waals surface area contributed by atoms with Gasteiger partial charge in [-0.2, -0.15) is 4.98 Å². The van der Waals surface area contributed by atoms with E-state index in [2.05, 4.69) is 45.2 Å². The highest BCUT2D eigenvalue weighted by Crippen LogP contribution is 2.11. The summed E-state index contributed by atoms with van der Waals surface area (Å²) in [5, 5.41) is 7.49. The molecule has 0 aliphatic heterocycles. The van der Waals surface area contributed by atoms with Crippen LogP contribution in [0.25, 0.3) is 5.65 Å². The van der Waals surface area contributed by atoms with Gasteiger partial charge in [0.05, 0.1) is 6.61 Å². The van der Waals surface area contributed by atoms with E-state index in [0.717, 1.165) is 29.7 Å². The van der Waals surface area contributed by atoms with Crippen LogP contribution in [0.5, 0.6) is 0 Å². The Hall–Kier alpha value is -1.14. The number of ether oxygens (including phenoxy) is 1. The average Bonchev–Trinajstić information content (AvgIpc) is 2.75. The van der Waals surface area contributed by atoms with Crippen LogP contribution in [-0.2, 0) is 4.74 Å². The summed E-state index contributed by atoms with van der Waals surface area (Å²) in [5.74, 6) is 1.32. The predicted octanol–water partition coefficient (Wildman–Crippen LogP) is 2.97. The van der Waals surface area contributed by atoms with Crippen LogP contribution in [0, 0.1) is 5.92 Å². The van der Waals surface area contributed by atoms with E-state index >= 15 is 0 Å². The SMILES string of the molecule is CC(C)CCOCCNc1nc2ccc(Br)cn2n1. The molecule has 0 bridgehead atoms. The van der Waals surface area contributed by atoms with E-state index in [9.17, 15) is 0 Å². The van der Waals surface area contributed by atoms with Crippen molar-refractivity contribution in [3.8, 4) is 0 Å². The van der Waals surface area contributed by atoms with Gasteiger partial charge in [0, 0.05) is 23.8 Å². The van der Waals surface area contributed by atoms with Crippen molar-refractivity contribution < 1.29 is 4.74 Å². The lowest BCUT2D eigenvalue weighted by atomic mass is 10.1. The molecule has 2 aromatic rings. The number of fused-ring (bicyclic) bond motifs is 1. The van der Waals surface area contributed by atoms with Crippen LogP contribution in [-0.4, -0.2) is 34.4 Å². The minimum Gasteiger partial charge on any atom is -0.380 e. The molecule has 0 atom stereocenters. The minimum absolute atomic E-state index is 0.630. The highest BCUT2D eigenvalue weighted by atomic mass is 79.9. The maximum atomic E-state index is 5.53. The topological polar surface area (TPSA) is 51.5 Å². The first-order valence-electron chi connectivity index (χ1n) is 6.48. The maximum Gasteiger partial charge on any atom is 0.243 e. The standard InChI is InChI=1S/C13H19BrN4O/c1-10(2)5-7-19-8-6-15-13-16-12-4-3-11(14)9-18(12)17-13/h3-4,9-10H,5-8H2,1-2H3,(H,15,17). The Morgan fingerprint density at radius 2 is 2.21 bits per heavy atom. The Balaban J connectivity index is 1.75. The highest BCUT2D eigenvalue weighted by Gasteiger charge is 2.02. The van der Waals surface area contributed by atoms with Crippen molar-refractivity contribution in [1.29, 1.82) is 0 Å². The molecule has 0 aromatic carbocycles. The van der Waals surface area contributed by atoms with Crippen molar-refractivity contribution in [3.05, 3.63) is 22.8 Å². The van der Waals surface area contributed by atoms with Crippen molar-refractivity contribution in [1.82, 2.24) is 14.6 Å². The molecular weight excluding hydrogens is 308 g/mol. The molecule has 0 saturated carbocycles. The third kappa shape index (κ3) is 4.47. The number of nitrogens with zero attached hydrogens (tertiary/aromatic N) is 3. The van der Waals surface area contributed by atoms with Gasteiger partial charge in [-0.1, -0.05) is 13.8 Å². The molecule has 0 amide bonds. The van der Waals surface area contributed by atoms with E-state index in [-0.39, 0.29) is 0 Å². The summed E-state index contributed by atoms with van der Waals surface area (Å²) in [5.41, 5.74) is 0.825. The van der Waals surface area contributed by atoms with E-state index in [1.807, 2.05) is 18.3 Å². The molecule has 0 spiro atoms. The minimum atomic E-state index is 0.630. The highest BCUT2D eigenvalue weighted by molar-refractivity contribution is 9.10. The van der Waals surface area contributed by atoms with Gasteiger partial charge in [-0.25, -0.2) is 4.52 Å². The maximum absolute atomic E-state index is 5.53. The lowest BCUT2D eigenvalue weighted by Crippen LogP contribution is -2.11. The lowest BCUT2D eigenvalue weighted by Gasteiger charge is -2.06. The van der Waals surface area contributed by atoms with Crippen LogP contribution in [0.3, 0.4) is 0 Å². The Kier molecular flexibility index (Phi) is 5.15. The average molecular weight is 327 g/mol. The third-order valence-corrected chi connectivity index (χ3v) is 3.13. The monoisotopic (exact) mass is 326 g/mol. The molecule has 0 aliphatic carbocycles. The zero-order chi connectivity index (χ0) is 13.7. The van der Waals surface area contributed by atoms with Crippen LogP contribution in [0.15, 0.2) is 22.8 Å². The first kappa shape index (κ1) is 14.3. The van der Waals surface area contributed by atoms with Gasteiger partial charge in [-0.15, -0.1) is 5.10 Å². The number of hydrogen-bond donors (Lipinski definition) is 1. The van der Waals surface area contributed by atoms with Gasteiger partial charge in [0.15, 0.2) is 5.65 Å². The van der Waals surface area contributed by atoms with Crippen LogP contribution in [0.4, 0.5) is 5.95 Å². The van der Waals surface area contributed by atoms with Gasteiger partial charge in [0.2, 0.25) is 5.95 Å². The number of nitrogens with one attached hydrogen (secondary N) is 1. The van der Waals surface area contributed by atoms with Crippen molar-refractivity contribution in [2.24, 2.45) is 5.92 Å². The molecule has 2 aromatic heterocycles. The Morgan fingerprint density at radius 3 is 3.00 bits per heavy atom. The summed E-state index contributed by atoms with van der Waals surface area (Å²) >= 11 is 3.41. The summed E-state index contributed by atoms with van der Waals surface area (Å²) in [6, 6.07) is 3.87. The van der Waals surface area contributed by atoms with E-state index in [0.29, 0.717) is 18.5 Å². The molecule has 6 heteroatoms. The molecule has 0 fully saturated rings. The molecule has 5 nitrogen and oxygen atoms in total. The van der Waals surface area contributed by atoms with Crippen molar-refractivity contribution in [2.75, 3.05) is 25.1 Å². The van der Waals surface area contributed by atoms with E-state index in [1.54, 1.807) is 4.52 Å². The van der Waals surface area contributed by atoms with Gasteiger partial charge in [0.1, 0.15) is 0 Å². The molecule has 2 rings (SSSR count). The fourth-order valence-electron chi connectivity index (χ4n) is 1.59. The lowest BCUT2D eigenvalue weighted by molar-refractivity contribution is 0.132. The van der Waals surface area contributed by atoms with Crippen molar-refractivity contribution >= 4 is 27.5 Å². The first-order valence-corrected chi connectivity index (χ1v) is 7.28. The molecule has 2 heterocycles. The van der Waals surface area contributed by atoms with Gasteiger partial charge in [-0.05, 0) is 40.4 Å². The third-order valence-electron chi connectivity index (χ3n) is 2.66. The zero-order valence-corrected chi connectivity index (χ0v) is 12.9. The number of halogens is 1. The van der Waals surface area contributed by atoms with Gasteiger partial charge < -0.3 is 10.1 Å². The smallest absolute Gasteiger partial charge is 0.243 e. The van der Waals surface area contributed by atoms with Crippen molar-refractivity contribution in [2.45, 2.75) is 20.3 Å². The Bertz CT molecular complexity index is 526. The van der Waals surface area contributed by atoms with Crippen molar-refractivity contribution in [3.63, 3.8) is 0 Å². The number of rotatable bonds is 7. The second kappa shape index (κ2) is 6.86. The quantitative estimate of drug-likeness (QED) is 0.795. The van der Waals surface area contributed by atoms with E-state index in [4.69, 9.17) is 4.74 Å². The van der Waals surface area contributed by atoms with Gasteiger partial charge >= 0.3 is 0 Å². The first-order chi connectivity index (χ1) is 9.15. The van der Waals surface area contributed by atoms with E-state index < -0.39 is 0 Å². The summed E-state index contributed by atoms with van der Waals surface area (Å²) in [6.07, 6.45) is 2.98. The normalized spacial score (nSPS) is 11.4. The van der Waals surface area contributed by atoms with Crippen LogP contribution >= 0.6 is 15.9 Å². The summed E-state index contributed by atoms with van der Waals surface area (Å²) in [6.45, 7) is 6.59. The molecule has 0 saturated heterocycles. The largest absolute Gasteiger partial charge is 0.380 e. The number of aromatic nitrogens is 3. The van der Waals surface area contributed by atoms with Gasteiger partial charge in [-0.3, -0.25) is 0 Å². The molecule has 0 radical (unpaired) electrons. The molecule has 1 N–H and O–H groups in total. The Labute approximate surface area is 121 Å². The van der Waals surface area contributed by atoms with Crippen LogP contribution in [0.1, 0.15) is 20.3 Å². The zero-order valence-electron chi connectivity index (χ0n) is 11.3. The second-order valence-electron chi connectivity index (χ2n) is 4.81. The fourth-order valence-corrected chi connectivity index (χ4v) is 1.92. The van der Waals surface area contributed by atoms with Gasteiger partial charge in [0.25, 0.3) is 0 Å². The number of hydrogen-bond acceptors (Lipinski definition) is 4. The summed E-state index contributed by atoms with van der Waals surface area (Å²) < 4.78 is 8.25. The number of pyridine rings is 1.